The predicted molar refractivity (Wildman–Crippen MR) is 268 cm³/mol. The minimum Gasteiger partial charge on any atom is -0.478 e. The highest BCUT2D eigenvalue weighted by atomic mass is 16.4. The molecule has 0 saturated heterocycles. The van der Waals surface area contributed by atoms with Gasteiger partial charge in [0, 0.05) is 26.1 Å². The number of benzene rings is 1. The Balaban J connectivity index is 0.00000125. The Labute approximate surface area is 382 Å². The summed E-state index contributed by atoms with van der Waals surface area (Å²) in [6.45, 7) is 11.3. The Morgan fingerprint density at radius 2 is 0.935 bits per heavy atom. The Morgan fingerprint density at radius 1 is 0.581 bits per heavy atom. The molecule has 62 heavy (non-hydrogen) atoms. The van der Waals surface area contributed by atoms with Crippen LogP contribution in [0.5, 0.6) is 0 Å². The molecule has 1 unspecified atom stereocenters. The van der Waals surface area contributed by atoms with Gasteiger partial charge in [-0.15, -0.1) is 0 Å². The summed E-state index contributed by atoms with van der Waals surface area (Å²) in [4.78, 5) is 29.4. The molecule has 1 heterocycles. The topological polar surface area (TPSA) is 116 Å². The lowest BCUT2D eigenvalue weighted by Gasteiger charge is -2.28. The summed E-state index contributed by atoms with van der Waals surface area (Å²) in [7, 11) is 0. The lowest BCUT2D eigenvalue weighted by Crippen LogP contribution is -2.38. The van der Waals surface area contributed by atoms with Gasteiger partial charge in [-0.2, -0.15) is 0 Å². The van der Waals surface area contributed by atoms with E-state index in [9.17, 15) is 9.59 Å². The number of aromatic carboxylic acids is 2. The molecule has 0 aromatic heterocycles. The van der Waals surface area contributed by atoms with Crippen molar-refractivity contribution in [3.63, 3.8) is 0 Å². The van der Waals surface area contributed by atoms with E-state index in [1.165, 1.54) is 243 Å². The molecule has 0 aliphatic carbocycles. The Morgan fingerprint density at radius 3 is 1.34 bits per heavy atom. The minimum atomic E-state index is -1.11. The van der Waals surface area contributed by atoms with Crippen LogP contribution in [0.1, 0.15) is 265 Å². The normalized spacial score (nSPS) is 15.1. The molecule has 1 aromatic carbocycles. The number of hydrogen-bond donors (Lipinski definition) is 3. The third kappa shape index (κ3) is 28.7. The van der Waals surface area contributed by atoms with Crippen LogP contribution in [0.4, 0.5) is 0 Å². The van der Waals surface area contributed by atoms with Gasteiger partial charge in [-0.1, -0.05) is 192 Å². The number of aliphatic imine (C=N–C) groups is 1. The number of hydrogen-bond acceptors (Lipinski definition) is 5. The second-order valence-electron chi connectivity index (χ2n) is 18.4. The average molecular weight is 864 g/mol. The van der Waals surface area contributed by atoms with Crippen LogP contribution >= 0.6 is 0 Å². The zero-order valence-corrected chi connectivity index (χ0v) is 40.9. The molecule has 1 atom stereocenters. The first kappa shape index (κ1) is 57.1. The molecule has 356 valence electrons. The van der Waals surface area contributed by atoms with E-state index in [1.54, 1.807) is 0 Å². The number of unbranched alkanes of at least 4 members (excludes halogenated alkanes) is 26. The van der Waals surface area contributed by atoms with Crippen molar-refractivity contribution in [2.24, 2.45) is 10.7 Å². The van der Waals surface area contributed by atoms with Crippen LogP contribution in [-0.4, -0.2) is 58.1 Å². The van der Waals surface area contributed by atoms with E-state index in [0.717, 1.165) is 26.1 Å². The largest absolute Gasteiger partial charge is 0.478 e. The van der Waals surface area contributed by atoms with Gasteiger partial charge < -0.3 is 20.8 Å². The van der Waals surface area contributed by atoms with Crippen LogP contribution in [0.2, 0.25) is 0 Å². The first-order valence-corrected chi connectivity index (χ1v) is 26.1. The van der Waals surface area contributed by atoms with Crippen LogP contribution in [-0.2, 0) is 0 Å². The molecule has 2 rings (SSSR count). The summed E-state index contributed by atoms with van der Waals surface area (Å²) in [6.07, 6.45) is 55.8. The van der Waals surface area contributed by atoms with Gasteiger partial charge in [-0.3, -0.25) is 4.99 Å². The van der Waals surface area contributed by atoms with Gasteiger partial charge >= 0.3 is 11.9 Å². The molecule has 1 aromatic rings. The van der Waals surface area contributed by atoms with E-state index in [0.29, 0.717) is 0 Å². The molecule has 0 spiro atoms. The summed E-state index contributed by atoms with van der Waals surface area (Å²) in [5.74, 6) is -0.830. The third-order valence-electron chi connectivity index (χ3n) is 12.7. The highest BCUT2D eigenvalue weighted by Gasteiger charge is 2.37. The van der Waals surface area contributed by atoms with Crippen LogP contribution < -0.4 is 5.73 Å². The molecule has 0 bridgehead atoms. The van der Waals surface area contributed by atoms with Gasteiger partial charge in [0.15, 0.2) is 0 Å². The second kappa shape index (κ2) is 39.6. The maximum atomic E-state index is 10.6. The lowest BCUT2D eigenvalue weighted by atomic mass is 9.87. The van der Waals surface area contributed by atoms with E-state index < -0.39 is 11.9 Å². The van der Waals surface area contributed by atoms with Gasteiger partial charge in [0.05, 0.1) is 22.5 Å². The smallest absolute Gasteiger partial charge is 0.335 e. The Kier molecular flexibility index (Phi) is 36.5. The van der Waals surface area contributed by atoms with Crippen molar-refractivity contribution < 1.29 is 19.8 Å². The van der Waals surface area contributed by atoms with Gasteiger partial charge in [0.25, 0.3) is 0 Å². The van der Waals surface area contributed by atoms with Gasteiger partial charge in [-0.25, -0.2) is 9.59 Å². The van der Waals surface area contributed by atoms with E-state index in [1.807, 2.05) is 0 Å². The summed E-state index contributed by atoms with van der Waals surface area (Å²) >= 11 is 0. The standard InChI is InChI=1S/C46H89N3.C9H8O4/c1-4-7-10-12-14-16-18-20-22-24-26-28-30-32-34-36-39-45-48-46(40-37-9-6-3,44-49(45)43-42-47)41-38-35-33-31-29-27-25-23-21-19-17-15-13-11-8-5-2;1-5-6(8(10)11)3-2-4-7(5)9(12)13/h20-23H,4-19,24-44,47H2,1-3H3;2-4H,1H3,(H,10,11)(H,12,13)/b22-20-,23-21-;. The fourth-order valence-corrected chi connectivity index (χ4v) is 8.83. The van der Waals surface area contributed by atoms with Crippen molar-refractivity contribution in [2.45, 2.75) is 252 Å². The summed E-state index contributed by atoms with van der Waals surface area (Å²) in [5, 5.41) is 17.4. The number of amidine groups is 1. The zero-order valence-electron chi connectivity index (χ0n) is 40.9. The number of carbonyl (C=O) groups is 2. The van der Waals surface area contributed by atoms with E-state index in [2.05, 4.69) is 50.0 Å². The van der Waals surface area contributed by atoms with Crippen LogP contribution in [0, 0.1) is 6.92 Å². The highest BCUT2D eigenvalue weighted by molar-refractivity contribution is 5.96. The number of nitrogens with two attached hydrogens (primary N) is 1. The summed E-state index contributed by atoms with van der Waals surface area (Å²) < 4.78 is 0. The Bertz CT molecular complexity index is 1310. The van der Waals surface area contributed by atoms with Crippen molar-refractivity contribution in [2.75, 3.05) is 19.6 Å². The average Bonchev–Trinajstić information content (AvgIpc) is 3.60. The molecule has 4 N–H and O–H groups in total. The molecule has 0 fully saturated rings. The fraction of sp³-hybridized carbons (Fsp3) is 0.764. The predicted octanol–water partition coefficient (Wildman–Crippen LogP) is 16.2. The molecule has 7 heteroatoms. The van der Waals surface area contributed by atoms with Gasteiger partial charge in [-0.05, 0) is 95.2 Å². The quantitative estimate of drug-likeness (QED) is 0.0447. The van der Waals surface area contributed by atoms with Crippen molar-refractivity contribution >= 4 is 17.8 Å². The first-order chi connectivity index (χ1) is 30.2. The number of allylic oxidation sites excluding steroid dienone is 4. The van der Waals surface area contributed by atoms with Gasteiger partial charge in [0.2, 0.25) is 0 Å². The Hall–Kier alpha value is -2.93. The maximum Gasteiger partial charge on any atom is 0.335 e. The van der Waals surface area contributed by atoms with Crippen LogP contribution in [0.25, 0.3) is 0 Å². The molecule has 1 aliphatic rings. The van der Waals surface area contributed by atoms with Crippen LogP contribution in [0.3, 0.4) is 0 Å². The van der Waals surface area contributed by atoms with Gasteiger partial charge in [0.1, 0.15) is 0 Å². The SMILES string of the molecule is CCCCCCCC/C=C\CCCCCCCCC1=NC(CCCCC)(CCCCCCCC/C=C\CCCCCCCC)CN1CCN.Cc1c(C(=O)O)cccc1C(=O)O. The van der Waals surface area contributed by atoms with Crippen molar-refractivity contribution in [3.8, 4) is 0 Å². The first-order valence-electron chi connectivity index (χ1n) is 26.1. The van der Waals surface area contributed by atoms with Crippen molar-refractivity contribution in [1.29, 1.82) is 0 Å². The molecule has 0 saturated carbocycles. The third-order valence-corrected chi connectivity index (χ3v) is 12.7. The molecule has 1 aliphatic heterocycles. The van der Waals surface area contributed by atoms with Crippen molar-refractivity contribution in [3.05, 3.63) is 59.2 Å². The molecular formula is C55H97N3O4. The maximum absolute atomic E-state index is 10.6. The summed E-state index contributed by atoms with van der Waals surface area (Å²) in [5.41, 5.74) is 6.60. The number of rotatable bonds is 40. The highest BCUT2D eigenvalue weighted by Crippen LogP contribution is 2.34. The van der Waals surface area contributed by atoms with Crippen molar-refractivity contribution in [1.82, 2.24) is 4.90 Å². The molecule has 0 amide bonds. The zero-order chi connectivity index (χ0) is 45.4. The molecular weight excluding hydrogens is 767 g/mol. The summed E-state index contributed by atoms with van der Waals surface area (Å²) in [6, 6.07) is 4.17. The van der Waals surface area contributed by atoms with E-state index >= 15 is 0 Å². The molecule has 0 radical (unpaired) electrons. The minimum absolute atomic E-state index is 0.0277. The number of nitrogens with zero attached hydrogens (tertiary/aromatic N) is 2. The second-order valence-corrected chi connectivity index (χ2v) is 18.4. The van der Waals surface area contributed by atoms with E-state index in [-0.39, 0.29) is 22.2 Å². The fourth-order valence-electron chi connectivity index (χ4n) is 8.83. The molecule has 7 nitrogen and oxygen atoms in total. The number of carboxylic acids is 2. The number of carboxylic acid groups (broad SMARTS) is 2. The van der Waals surface area contributed by atoms with E-state index in [4.69, 9.17) is 20.9 Å². The lowest BCUT2D eigenvalue weighted by molar-refractivity contribution is 0.0696. The monoisotopic (exact) mass is 864 g/mol. The van der Waals surface area contributed by atoms with Crippen LogP contribution in [0.15, 0.2) is 47.5 Å².